The van der Waals surface area contributed by atoms with E-state index in [1.54, 1.807) is 30.5 Å². The number of carbonyl (C=O) groups is 1. The van der Waals surface area contributed by atoms with Gasteiger partial charge in [0.05, 0.1) is 16.7 Å². The molecule has 9 heteroatoms. The van der Waals surface area contributed by atoms with Crippen molar-refractivity contribution >= 4 is 11.6 Å². The summed E-state index contributed by atoms with van der Waals surface area (Å²) in [6.45, 7) is 2.37. The van der Waals surface area contributed by atoms with Crippen molar-refractivity contribution in [2.75, 3.05) is 19.6 Å². The first-order chi connectivity index (χ1) is 15.5. The van der Waals surface area contributed by atoms with Crippen LogP contribution in [0.5, 0.6) is 0 Å². The number of halogens is 1. The van der Waals surface area contributed by atoms with E-state index in [0.29, 0.717) is 23.6 Å². The average molecular weight is 438 g/mol. The van der Waals surface area contributed by atoms with Gasteiger partial charge in [0.15, 0.2) is 11.7 Å². The van der Waals surface area contributed by atoms with Gasteiger partial charge in [-0.15, -0.1) is 0 Å². The molecule has 0 radical (unpaired) electrons. The second kappa shape index (κ2) is 9.69. The third kappa shape index (κ3) is 5.17. The predicted molar refractivity (Wildman–Crippen MR) is 116 cm³/mol. The SMILES string of the molecule is O=C(NC1CCN(CCc2ncc(-c3cccc([N+](=O)[O-])c3)o2)CC1)c1ccccc1F. The highest BCUT2D eigenvalue weighted by atomic mass is 19.1. The number of nitro benzene ring substituents is 1. The zero-order valence-electron chi connectivity index (χ0n) is 17.4. The van der Waals surface area contributed by atoms with Gasteiger partial charge >= 0.3 is 0 Å². The van der Waals surface area contributed by atoms with Gasteiger partial charge in [-0.25, -0.2) is 9.37 Å². The maximum atomic E-state index is 13.8. The fourth-order valence-electron chi connectivity index (χ4n) is 3.80. The fourth-order valence-corrected chi connectivity index (χ4v) is 3.80. The first kappa shape index (κ1) is 21.6. The highest BCUT2D eigenvalue weighted by Gasteiger charge is 2.22. The topological polar surface area (TPSA) is 102 Å². The normalized spacial score (nSPS) is 14.9. The molecule has 1 N–H and O–H groups in total. The van der Waals surface area contributed by atoms with Crippen LogP contribution in [0.4, 0.5) is 10.1 Å². The summed E-state index contributed by atoms with van der Waals surface area (Å²) in [4.78, 5) is 29.3. The molecule has 4 rings (SSSR count). The molecule has 0 atom stereocenters. The Kier molecular flexibility index (Phi) is 6.55. The quantitative estimate of drug-likeness (QED) is 0.444. The Morgan fingerprint density at radius 3 is 2.75 bits per heavy atom. The molecule has 0 spiro atoms. The van der Waals surface area contributed by atoms with Crippen LogP contribution in [0.25, 0.3) is 11.3 Å². The standard InChI is InChI=1S/C23H23FN4O4/c24-20-7-2-1-6-19(20)23(29)26-17-8-11-27(12-9-17)13-10-22-25-15-21(32-22)16-4-3-5-18(14-16)28(30)31/h1-7,14-15,17H,8-13H2,(H,26,29). The molecule has 32 heavy (non-hydrogen) atoms. The van der Waals surface area contributed by atoms with E-state index in [-0.39, 0.29) is 23.2 Å². The predicted octanol–water partition coefficient (Wildman–Crippen LogP) is 3.83. The molecule has 1 fully saturated rings. The number of hydrogen-bond acceptors (Lipinski definition) is 6. The Labute approximate surface area is 184 Å². The van der Waals surface area contributed by atoms with Gasteiger partial charge in [-0.05, 0) is 25.0 Å². The summed E-state index contributed by atoms with van der Waals surface area (Å²) >= 11 is 0. The minimum atomic E-state index is -0.516. The lowest BCUT2D eigenvalue weighted by molar-refractivity contribution is -0.384. The number of piperidine rings is 1. The smallest absolute Gasteiger partial charge is 0.270 e. The van der Waals surface area contributed by atoms with Gasteiger partial charge in [0, 0.05) is 49.8 Å². The average Bonchev–Trinajstić information content (AvgIpc) is 3.28. The van der Waals surface area contributed by atoms with Crippen LogP contribution in [0.1, 0.15) is 29.1 Å². The molecular weight excluding hydrogens is 415 g/mol. The molecule has 0 saturated carbocycles. The van der Waals surface area contributed by atoms with Crippen LogP contribution in [0.15, 0.2) is 59.1 Å². The number of non-ortho nitro benzene ring substituents is 1. The van der Waals surface area contributed by atoms with Crippen molar-refractivity contribution in [2.24, 2.45) is 0 Å². The van der Waals surface area contributed by atoms with E-state index in [4.69, 9.17) is 4.42 Å². The number of oxazole rings is 1. The van der Waals surface area contributed by atoms with Gasteiger partial charge in [-0.3, -0.25) is 14.9 Å². The van der Waals surface area contributed by atoms with Crippen molar-refractivity contribution in [3.8, 4) is 11.3 Å². The number of rotatable bonds is 7. The molecule has 2 aromatic carbocycles. The van der Waals surface area contributed by atoms with E-state index in [0.717, 1.165) is 32.5 Å². The first-order valence-corrected chi connectivity index (χ1v) is 10.5. The van der Waals surface area contributed by atoms with Crippen molar-refractivity contribution in [3.63, 3.8) is 0 Å². The van der Waals surface area contributed by atoms with Gasteiger partial charge in [0.25, 0.3) is 11.6 Å². The second-order valence-electron chi connectivity index (χ2n) is 7.74. The third-order valence-electron chi connectivity index (χ3n) is 5.58. The van der Waals surface area contributed by atoms with Gasteiger partial charge in [-0.1, -0.05) is 24.3 Å². The second-order valence-corrected chi connectivity index (χ2v) is 7.74. The maximum Gasteiger partial charge on any atom is 0.270 e. The minimum absolute atomic E-state index is 0.00501. The molecule has 1 aromatic heterocycles. The van der Waals surface area contributed by atoms with Crippen molar-refractivity contribution in [1.82, 2.24) is 15.2 Å². The van der Waals surface area contributed by atoms with Gasteiger partial charge < -0.3 is 14.6 Å². The van der Waals surface area contributed by atoms with Gasteiger partial charge in [-0.2, -0.15) is 0 Å². The van der Waals surface area contributed by atoms with Crippen molar-refractivity contribution in [1.29, 1.82) is 0 Å². The van der Waals surface area contributed by atoms with Crippen LogP contribution in [0.2, 0.25) is 0 Å². The Balaban J connectivity index is 1.25. The highest BCUT2D eigenvalue weighted by Crippen LogP contribution is 2.25. The number of benzene rings is 2. The summed E-state index contributed by atoms with van der Waals surface area (Å²) in [6, 6.07) is 12.2. The number of likely N-dealkylation sites (tertiary alicyclic amines) is 1. The molecule has 0 aliphatic carbocycles. The molecular formula is C23H23FN4O4. The van der Waals surface area contributed by atoms with Crippen LogP contribution < -0.4 is 5.32 Å². The monoisotopic (exact) mass is 438 g/mol. The Morgan fingerprint density at radius 2 is 2.00 bits per heavy atom. The van der Waals surface area contributed by atoms with Crippen LogP contribution >= 0.6 is 0 Å². The van der Waals surface area contributed by atoms with E-state index in [1.165, 1.54) is 24.3 Å². The molecule has 2 heterocycles. The number of amides is 1. The molecule has 1 saturated heterocycles. The summed E-state index contributed by atoms with van der Waals surface area (Å²) in [6.07, 6.45) is 3.76. The molecule has 1 amide bonds. The Hall–Kier alpha value is -3.59. The molecule has 0 bridgehead atoms. The Morgan fingerprint density at radius 1 is 1.22 bits per heavy atom. The molecule has 0 unspecified atom stereocenters. The Bertz CT molecular complexity index is 1110. The zero-order chi connectivity index (χ0) is 22.5. The van der Waals surface area contributed by atoms with Crippen molar-refractivity contribution < 1.29 is 18.5 Å². The largest absolute Gasteiger partial charge is 0.441 e. The van der Waals surface area contributed by atoms with Crippen molar-refractivity contribution in [3.05, 3.63) is 82.1 Å². The summed E-state index contributed by atoms with van der Waals surface area (Å²) in [5.41, 5.74) is 0.688. The molecule has 3 aromatic rings. The number of hydrogen-bond donors (Lipinski definition) is 1. The van der Waals surface area contributed by atoms with E-state index in [2.05, 4.69) is 15.2 Å². The summed E-state index contributed by atoms with van der Waals surface area (Å²) in [7, 11) is 0. The van der Waals surface area contributed by atoms with Crippen LogP contribution in [0.3, 0.4) is 0 Å². The molecule has 1 aliphatic heterocycles. The molecule has 1 aliphatic rings. The molecule has 8 nitrogen and oxygen atoms in total. The molecule has 166 valence electrons. The van der Waals surface area contributed by atoms with E-state index >= 15 is 0 Å². The summed E-state index contributed by atoms with van der Waals surface area (Å²) in [5.74, 6) is 0.174. The maximum absolute atomic E-state index is 13.8. The first-order valence-electron chi connectivity index (χ1n) is 10.5. The van der Waals surface area contributed by atoms with Crippen LogP contribution in [-0.2, 0) is 6.42 Å². The van der Waals surface area contributed by atoms with Crippen LogP contribution in [-0.4, -0.2) is 46.4 Å². The third-order valence-corrected chi connectivity index (χ3v) is 5.58. The van der Waals surface area contributed by atoms with Gasteiger partial charge in [0.2, 0.25) is 0 Å². The summed E-state index contributed by atoms with van der Waals surface area (Å²) in [5, 5.41) is 13.9. The lowest BCUT2D eigenvalue weighted by Crippen LogP contribution is -2.45. The number of aromatic nitrogens is 1. The fraction of sp³-hybridized carbons (Fsp3) is 0.304. The number of nitrogens with zero attached hydrogens (tertiary/aromatic N) is 3. The lowest BCUT2D eigenvalue weighted by Gasteiger charge is -2.32. The lowest BCUT2D eigenvalue weighted by atomic mass is 10.0. The number of nitrogens with one attached hydrogen (secondary N) is 1. The van der Waals surface area contributed by atoms with Crippen LogP contribution in [0, 0.1) is 15.9 Å². The van der Waals surface area contributed by atoms with Crippen molar-refractivity contribution in [2.45, 2.75) is 25.3 Å². The summed E-state index contributed by atoms with van der Waals surface area (Å²) < 4.78 is 19.5. The van der Waals surface area contributed by atoms with Gasteiger partial charge in [0.1, 0.15) is 5.82 Å². The highest BCUT2D eigenvalue weighted by molar-refractivity contribution is 5.94. The van der Waals surface area contributed by atoms with E-state index < -0.39 is 10.7 Å². The van der Waals surface area contributed by atoms with E-state index in [1.807, 2.05) is 0 Å². The number of nitro groups is 1. The number of carbonyl (C=O) groups excluding carboxylic acids is 1. The van der Waals surface area contributed by atoms with E-state index in [9.17, 15) is 19.3 Å². The minimum Gasteiger partial charge on any atom is -0.441 e. The zero-order valence-corrected chi connectivity index (χ0v) is 17.4.